The van der Waals surface area contributed by atoms with Crippen molar-refractivity contribution in [2.45, 2.75) is 0 Å². The molecule has 0 atom stereocenters. The summed E-state index contributed by atoms with van der Waals surface area (Å²) in [4.78, 5) is 11.9. The van der Waals surface area contributed by atoms with Crippen LogP contribution in [0.15, 0.2) is 82.0 Å². The van der Waals surface area contributed by atoms with Crippen molar-refractivity contribution in [3.8, 4) is 22.8 Å². The summed E-state index contributed by atoms with van der Waals surface area (Å²) in [6.07, 6.45) is 0. The first-order chi connectivity index (χ1) is 11.1. The van der Waals surface area contributed by atoms with E-state index in [0.29, 0.717) is 5.76 Å². The molecule has 0 radical (unpaired) electrons. The Kier molecular flexibility index (Phi) is 5.63. The predicted molar refractivity (Wildman–Crippen MR) is 88.9 cm³/mol. The number of fused-ring (bicyclic) bond motifs is 1. The second kappa shape index (κ2) is 7.68. The molecule has 0 bridgehead atoms. The van der Waals surface area contributed by atoms with Gasteiger partial charge in [-0.05, 0) is 6.07 Å². The van der Waals surface area contributed by atoms with Gasteiger partial charge in [0.25, 0.3) is 0 Å². The van der Waals surface area contributed by atoms with Crippen molar-refractivity contribution < 1.29 is 31.7 Å². The number of hydrogen-bond donors (Lipinski definition) is 2. The minimum atomic E-state index is -0.343. The van der Waals surface area contributed by atoms with Gasteiger partial charge >= 0.3 is 0 Å². The maximum Gasteiger partial charge on any atom is 0.157 e. The molecule has 0 amide bonds. The largest absolute Gasteiger partial charge is 0.748 e. The van der Waals surface area contributed by atoms with Crippen LogP contribution in [-0.4, -0.2) is 10.2 Å². The third kappa shape index (κ3) is 3.77. The Balaban J connectivity index is 0.000000300. The summed E-state index contributed by atoms with van der Waals surface area (Å²) in [5.41, 5.74) is 0.595. The maximum atomic E-state index is 11.9. The molecule has 0 saturated heterocycles. The molecular formula is C19H14FeO4-6. The molecule has 0 saturated carbocycles. The third-order valence-electron chi connectivity index (χ3n) is 3.30. The summed E-state index contributed by atoms with van der Waals surface area (Å²) >= 11 is 0. The molecule has 1 heterocycles. The van der Waals surface area contributed by atoms with E-state index in [1.54, 1.807) is 0 Å². The Morgan fingerprint density at radius 2 is 1.50 bits per heavy atom. The molecule has 128 valence electrons. The number of hydrogen-bond acceptors (Lipinski definition) is 4. The van der Waals surface area contributed by atoms with Gasteiger partial charge in [0.15, 0.2) is 5.43 Å². The van der Waals surface area contributed by atoms with Gasteiger partial charge in [-0.25, -0.2) is 0 Å². The van der Waals surface area contributed by atoms with Crippen LogP contribution in [0, 0.1) is 0 Å². The van der Waals surface area contributed by atoms with E-state index in [9.17, 15) is 15.0 Å². The topological polar surface area (TPSA) is 70.7 Å². The van der Waals surface area contributed by atoms with E-state index >= 15 is 0 Å². The molecule has 1 aromatic heterocycles. The monoisotopic (exact) mass is 362 g/mol. The summed E-state index contributed by atoms with van der Waals surface area (Å²) in [5.74, 6) is -0.0295. The van der Waals surface area contributed by atoms with Gasteiger partial charge in [0, 0.05) is 29.2 Å². The minimum Gasteiger partial charge on any atom is -0.748 e. The van der Waals surface area contributed by atoms with Crippen LogP contribution in [0.1, 0.15) is 0 Å². The van der Waals surface area contributed by atoms with Gasteiger partial charge in [0.2, 0.25) is 0 Å². The molecule has 2 N–H and O–H groups in total. The molecule has 0 fully saturated rings. The quantitative estimate of drug-likeness (QED) is 0.397. The van der Waals surface area contributed by atoms with Gasteiger partial charge in [0.05, 0.1) is 11.1 Å². The Bertz CT molecular complexity index is 934. The van der Waals surface area contributed by atoms with Crippen molar-refractivity contribution in [1.29, 1.82) is 0 Å². The summed E-state index contributed by atoms with van der Waals surface area (Å²) < 4.78 is 5.53. The van der Waals surface area contributed by atoms with Crippen LogP contribution in [0.4, 0.5) is 0 Å². The molecule has 4 aromatic rings. The first-order valence-electron chi connectivity index (χ1n) is 7.04. The number of rotatable bonds is 1. The van der Waals surface area contributed by atoms with E-state index in [0.717, 1.165) is 11.6 Å². The number of aromatic hydroxyl groups is 2. The van der Waals surface area contributed by atoms with Crippen LogP contribution in [0.2, 0.25) is 0 Å². The van der Waals surface area contributed by atoms with Crippen LogP contribution in [-0.2, 0) is 17.1 Å². The SMILES string of the molecule is O=c1cc(-[c-]2cccc2)oc2cc(O)cc(O)c12.[Fe].[cH-]1[cH-][cH-][cH-][cH-]1. The average Bonchev–Trinajstić information content (AvgIpc) is 3.22. The summed E-state index contributed by atoms with van der Waals surface area (Å²) in [5, 5.41) is 19.1. The zero-order chi connectivity index (χ0) is 16.2. The first-order valence-corrected chi connectivity index (χ1v) is 7.04. The fourth-order valence-corrected chi connectivity index (χ4v) is 2.26. The molecule has 3 aromatic carbocycles. The molecule has 0 aliphatic heterocycles. The van der Waals surface area contributed by atoms with E-state index in [4.69, 9.17) is 4.42 Å². The second-order valence-corrected chi connectivity index (χ2v) is 4.95. The van der Waals surface area contributed by atoms with Crippen molar-refractivity contribution >= 4 is 11.0 Å². The van der Waals surface area contributed by atoms with Crippen molar-refractivity contribution in [3.63, 3.8) is 0 Å². The average molecular weight is 362 g/mol. The third-order valence-corrected chi connectivity index (χ3v) is 3.30. The number of phenolic OH excluding ortho intramolecular Hbond substituents is 2. The molecular weight excluding hydrogens is 348 g/mol. The molecule has 0 aliphatic carbocycles. The zero-order valence-corrected chi connectivity index (χ0v) is 13.6. The molecule has 5 heteroatoms. The second-order valence-electron chi connectivity index (χ2n) is 4.95. The van der Waals surface area contributed by atoms with Crippen LogP contribution in [0.5, 0.6) is 11.5 Å². The van der Waals surface area contributed by atoms with Gasteiger partial charge < -0.3 is 45.0 Å². The summed E-state index contributed by atoms with van der Waals surface area (Å²) in [7, 11) is 0. The van der Waals surface area contributed by atoms with Crippen molar-refractivity contribution in [1.82, 2.24) is 0 Å². The Morgan fingerprint density at radius 1 is 0.917 bits per heavy atom. The smallest absolute Gasteiger partial charge is 0.157 e. The zero-order valence-electron chi connectivity index (χ0n) is 12.5. The molecule has 4 nitrogen and oxygen atoms in total. The molecule has 0 aliphatic rings. The van der Waals surface area contributed by atoms with Gasteiger partial charge in [-0.2, -0.15) is 12.1 Å². The van der Waals surface area contributed by atoms with Gasteiger partial charge in [-0.15, -0.1) is 12.1 Å². The van der Waals surface area contributed by atoms with Gasteiger partial charge in [-0.1, -0.05) is 5.56 Å². The first kappa shape index (κ1) is 17.6. The molecule has 4 rings (SSSR count). The standard InChI is InChI=1S/C14H9O4.C5H5.Fe/c15-9-5-10(16)14-11(17)7-12(18-13(14)6-9)8-3-1-2-4-8;1-2-4-5-3-1;/h1-7,15-16H;1-5H;/q-1;-5;. The van der Waals surface area contributed by atoms with Crippen LogP contribution in [0.3, 0.4) is 0 Å². The van der Waals surface area contributed by atoms with E-state index in [1.165, 1.54) is 12.1 Å². The Labute approximate surface area is 148 Å². The molecule has 0 spiro atoms. The van der Waals surface area contributed by atoms with E-state index in [1.807, 2.05) is 54.6 Å². The van der Waals surface area contributed by atoms with E-state index in [-0.39, 0.29) is 45.0 Å². The normalized spacial score (nSPS) is 9.83. The van der Waals surface area contributed by atoms with E-state index < -0.39 is 0 Å². The number of benzene rings is 1. The fourth-order valence-electron chi connectivity index (χ4n) is 2.26. The van der Waals surface area contributed by atoms with Gasteiger partial charge in [0.1, 0.15) is 17.1 Å². The van der Waals surface area contributed by atoms with Crippen molar-refractivity contribution in [2.24, 2.45) is 0 Å². The van der Waals surface area contributed by atoms with Gasteiger partial charge in [-0.3, -0.25) is 4.79 Å². The Morgan fingerprint density at radius 3 is 2.08 bits per heavy atom. The predicted octanol–water partition coefficient (Wildman–Crippen LogP) is 3.99. The van der Waals surface area contributed by atoms with Crippen LogP contribution in [0.25, 0.3) is 22.3 Å². The maximum absolute atomic E-state index is 11.9. The fraction of sp³-hybridized carbons (Fsp3) is 0. The van der Waals surface area contributed by atoms with Crippen LogP contribution >= 0.6 is 0 Å². The van der Waals surface area contributed by atoms with Crippen molar-refractivity contribution in [3.05, 3.63) is 83.0 Å². The molecule has 24 heavy (non-hydrogen) atoms. The summed E-state index contributed by atoms with van der Waals surface area (Å²) in [6.45, 7) is 0. The number of phenols is 2. The minimum absolute atomic E-state index is 0. The summed E-state index contributed by atoms with van der Waals surface area (Å²) in [6, 6.07) is 21.0. The van der Waals surface area contributed by atoms with Crippen LogP contribution < -0.4 is 5.43 Å². The molecule has 0 unspecified atom stereocenters. The van der Waals surface area contributed by atoms with Crippen molar-refractivity contribution in [2.75, 3.05) is 0 Å². The van der Waals surface area contributed by atoms with E-state index in [2.05, 4.69) is 0 Å². The Hall–Kier alpha value is -2.75.